The van der Waals surface area contributed by atoms with Crippen molar-refractivity contribution in [2.24, 2.45) is 0 Å². The van der Waals surface area contributed by atoms with E-state index in [2.05, 4.69) is 35.5 Å². The summed E-state index contributed by atoms with van der Waals surface area (Å²) in [6.45, 7) is 9.16. The van der Waals surface area contributed by atoms with E-state index in [-0.39, 0.29) is 24.8 Å². The fraction of sp³-hybridized carbons (Fsp3) is 0.636. The molecule has 1 aromatic rings. The Morgan fingerprint density at radius 1 is 1.31 bits per heavy atom. The smallest absolute Gasteiger partial charge is 0.0417 e. The number of thiophene rings is 1. The van der Waals surface area contributed by atoms with E-state index in [0.717, 1.165) is 13.1 Å². The minimum absolute atomic E-state index is 0. The fourth-order valence-corrected chi connectivity index (χ4v) is 3.07. The molecule has 2 heterocycles. The zero-order valence-corrected chi connectivity index (χ0v) is 12.2. The van der Waals surface area contributed by atoms with E-state index < -0.39 is 0 Å². The number of hydrogen-bond donors (Lipinski definition) is 1. The van der Waals surface area contributed by atoms with Crippen LogP contribution in [0, 0.1) is 6.92 Å². The molecule has 94 valence electrons. The molecule has 0 spiro atoms. The van der Waals surface area contributed by atoms with Crippen LogP contribution in [-0.2, 0) is 0 Å². The number of halogens is 2. The fourth-order valence-electron chi connectivity index (χ4n) is 2.05. The summed E-state index contributed by atoms with van der Waals surface area (Å²) in [5.41, 5.74) is 1.45. The number of nitrogens with zero attached hydrogens (tertiary/aromatic N) is 1. The SMILES string of the molecule is Cc1ccsc1[C@H](C)N1CCNCC1.Cl.Cl. The van der Waals surface area contributed by atoms with Gasteiger partial charge in [0.15, 0.2) is 0 Å². The molecule has 0 amide bonds. The summed E-state index contributed by atoms with van der Waals surface area (Å²) in [5, 5.41) is 5.59. The second-order valence-electron chi connectivity index (χ2n) is 3.93. The van der Waals surface area contributed by atoms with Crippen molar-refractivity contribution in [1.29, 1.82) is 0 Å². The molecular weight excluding hydrogens is 263 g/mol. The van der Waals surface area contributed by atoms with Gasteiger partial charge in [0, 0.05) is 37.1 Å². The maximum atomic E-state index is 3.39. The number of nitrogens with one attached hydrogen (secondary N) is 1. The van der Waals surface area contributed by atoms with Crippen molar-refractivity contribution in [3.63, 3.8) is 0 Å². The molecule has 0 unspecified atom stereocenters. The van der Waals surface area contributed by atoms with E-state index in [0.29, 0.717) is 6.04 Å². The van der Waals surface area contributed by atoms with Gasteiger partial charge in [-0.25, -0.2) is 0 Å². The first-order valence-corrected chi connectivity index (χ1v) is 6.16. The Bertz CT molecular complexity index is 298. The average molecular weight is 283 g/mol. The first-order valence-electron chi connectivity index (χ1n) is 5.28. The van der Waals surface area contributed by atoms with Gasteiger partial charge in [-0.1, -0.05) is 0 Å². The quantitative estimate of drug-likeness (QED) is 0.898. The van der Waals surface area contributed by atoms with Gasteiger partial charge in [0.25, 0.3) is 0 Å². The van der Waals surface area contributed by atoms with Gasteiger partial charge in [0.1, 0.15) is 0 Å². The third kappa shape index (κ3) is 3.60. The summed E-state index contributed by atoms with van der Waals surface area (Å²) >= 11 is 1.89. The van der Waals surface area contributed by atoms with E-state index in [9.17, 15) is 0 Å². The molecule has 1 fully saturated rings. The molecule has 2 rings (SSSR count). The van der Waals surface area contributed by atoms with Crippen molar-refractivity contribution in [3.8, 4) is 0 Å². The molecule has 5 heteroatoms. The molecule has 1 aromatic heterocycles. The van der Waals surface area contributed by atoms with Crippen LogP contribution in [0.5, 0.6) is 0 Å². The summed E-state index contributed by atoms with van der Waals surface area (Å²) in [5.74, 6) is 0. The zero-order valence-electron chi connectivity index (χ0n) is 9.73. The van der Waals surface area contributed by atoms with Crippen molar-refractivity contribution in [2.75, 3.05) is 26.2 Å². The Morgan fingerprint density at radius 3 is 2.44 bits per heavy atom. The Balaban J connectivity index is 0.00000112. The van der Waals surface area contributed by atoms with Crippen molar-refractivity contribution in [2.45, 2.75) is 19.9 Å². The zero-order chi connectivity index (χ0) is 9.97. The van der Waals surface area contributed by atoms with Gasteiger partial charge in [0.05, 0.1) is 0 Å². The Kier molecular flexibility index (Phi) is 7.61. The predicted molar refractivity (Wildman–Crippen MR) is 76.4 cm³/mol. The third-order valence-corrected chi connectivity index (χ3v) is 4.17. The summed E-state index contributed by atoms with van der Waals surface area (Å²) < 4.78 is 0. The van der Waals surface area contributed by atoms with Gasteiger partial charge in [-0.05, 0) is 30.9 Å². The van der Waals surface area contributed by atoms with Gasteiger partial charge < -0.3 is 5.32 Å². The van der Waals surface area contributed by atoms with Crippen molar-refractivity contribution >= 4 is 36.2 Å². The normalized spacial score (nSPS) is 18.4. The highest BCUT2D eigenvalue weighted by Crippen LogP contribution is 2.28. The maximum absolute atomic E-state index is 3.39. The molecule has 1 aliphatic heterocycles. The first kappa shape index (κ1) is 16.2. The monoisotopic (exact) mass is 282 g/mol. The molecule has 1 atom stereocenters. The highest BCUT2D eigenvalue weighted by atomic mass is 35.5. The minimum atomic E-state index is 0. The average Bonchev–Trinajstić information content (AvgIpc) is 2.65. The molecule has 0 bridgehead atoms. The van der Waals surface area contributed by atoms with Crippen molar-refractivity contribution < 1.29 is 0 Å². The molecular formula is C11H20Cl2N2S. The lowest BCUT2D eigenvalue weighted by atomic mass is 10.1. The summed E-state index contributed by atoms with van der Waals surface area (Å²) in [6.07, 6.45) is 0. The molecule has 0 radical (unpaired) electrons. The molecule has 1 saturated heterocycles. The van der Waals surface area contributed by atoms with E-state index in [1.165, 1.54) is 23.5 Å². The largest absolute Gasteiger partial charge is 0.314 e. The topological polar surface area (TPSA) is 15.3 Å². The number of hydrogen-bond acceptors (Lipinski definition) is 3. The van der Waals surface area contributed by atoms with E-state index in [1.54, 1.807) is 0 Å². The lowest BCUT2D eigenvalue weighted by Gasteiger charge is -2.32. The molecule has 0 aliphatic carbocycles. The molecule has 0 aromatic carbocycles. The second-order valence-corrected chi connectivity index (χ2v) is 4.88. The van der Waals surface area contributed by atoms with Crippen LogP contribution in [0.1, 0.15) is 23.4 Å². The van der Waals surface area contributed by atoms with Crippen LogP contribution in [-0.4, -0.2) is 31.1 Å². The summed E-state index contributed by atoms with van der Waals surface area (Å²) in [7, 11) is 0. The first-order chi connectivity index (χ1) is 6.79. The Morgan fingerprint density at radius 2 is 1.94 bits per heavy atom. The molecule has 1 N–H and O–H groups in total. The highest BCUT2D eigenvalue weighted by Gasteiger charge is 2.19. The summed E-state index contributed by atoms with van der Waals surface area (Å²) in [4.78, 5) is 4.10. The minimum Gasteiger partial charge on any atom is -0.314 e. The maximum Gasteiger partial charge on any atom is 0.0417 e. The lowest BCUT2D eigenvalue weighted by Crippen LogP contribution is -2.44. The molecule has 2 nitrogen and oxygen atoms in total. The second kappa shape index (κ2) is 7.51. The number of piperazine rings is 1. The Hall–Kier alpha value is 0.200. The highest BCUT2D eigenvalue weighted by molar-refractivity contribution is 7.10. The third-order valence-electron chi connectivity index (χ3n) is 2.98. The predicted octanol–water partition coefficient (Wildman–Crippen LogP) is 2.87. The van der Waals surface area contributed by atoms with Gasteiger partial charge in [0.2, 0.25) is 0 Å². The van der Waals surface area contributed by atoms with E-state index >= 15 is 0 Å². The number of rotatable bonds is 2. The molecule has 1 aliphatic rings. The van der Waals surface area contributed by atoms with Crippen LogP contribution >= 0.6 is 36.2 Å². The van der Waals surface area contributed by atoms with Crippen LogP contribution in [0.25, 0.3) is 0 Å². The van der Waals surface area contributed by atoms with Gasteiger partial charge >= 0.3 is 0 Å². The van der Waals surface area contributed by atoms with Crippen LogP contribution in [0.4, 0.5) is 0 Å². The van der Waals surface area contributed by atoms with Crippen molar-refractivity contribution in [1.82, 2.24) is 10.2 Å². The van der Waals surface area contributed by atoms with E-state index in [1.807, 2.05) is 11.3 Å². The van der Waals surface area contributed by atoms with Gasteiger partial charge in [-0.2, -0.15) is 0 Å². The molecule has 0 saturated carbocycles. The number of aryl methyl sites for hydroxylation is 1. The van der Waals surface area contributed by atoms with Gasteiger partial charge in [-0.15, -0.1) is 36.2 Å². The standard InChI is InChI=1S/C11H18N2S.2ClH/c1-9-3-8-14-11(9)10(2)13-6-4-12-5-7-13;;/h3,8,10,12H,4-7H2,1-2H3;2*1H/t10-;;/m0../s1. The lowest BCUT2D eigenvalue weighted by molar-refractivity contribution is 0.187. The van der Waals surface area contributed by atoms with Crippen LogP contribution in [0.15, 0.2) is 11.4 Å². The van der Waals surface area contributed by atoms with E-state index in [4.69, 9.17) is 0 Å². The van der Waals surface area contributed by atoms with Crippen molar-refractivity contribution in [3.05, 3.63) is 21.9 Å². The van der Waals surface area contributed by atoms with Gasteiger partial charge in [-0.3, -0.25) is 4.90 Å². The summed E-state index contributed by atoms with van der Waals surface area (Å²) in [6, 6.07) is 2.82. The van der Waals surface area contributed by atoms with Crippen LogP contribution < -0.4 is 5.32 Å². The Labute approximate surface area is 114 Å². The molecule has 16 heavy (non-hydrogen) atoms. The van der Waals surface area contributed by atoms with Crippen LogP contribution in [0.2, 0.25) is 0 Å². The van der Waals surface area contributed by atoms with Crippen LogP contribution in [0.3, 0.4) is 0 Å².